The molecule has 0 aliphatic carbocycles. The molecule has 0 fully saturated rings. The molecule has 6 heteroatoms. The number of hydrogen-bond acceptors (Lipinski definition) is 2. The van der Waals surface area contributed by atoms with Gasteiger partial charge >= 0.3 is 0 Å². The van der Waals surface area contributed by atoms with Gasteiger partial charge in [-0.3, -0.25) is 4.99 Å². The van der Waals surface area contributed by atoms with Crippen molar-refractivity contribution in [1.82, 2.24) is 20.2 Å². The number of rotatable bonds is 8. The summed E-state index contributed by atoms with van der Waals surface area (Å²) in [5.41, 5.74) is 1.22. The summed E-state index contributed by atoms with van der Waals surface area (Å²) in [6, 6.07) is 7.95. The van der Waals surface area contributed by atoms with Crippen LogP contribution in [-0.4, -0.2) is 35.6 Å². The minimum atomic E-state index is 0.781. The molecule has 1 aromatic heterocycles. The van der Waals surface area contributed by atoms with Gasteiger partial charge in [-0.2, -0.15) is 0 Å². The lowest BCUT2D eigenvalue weighted by Crippen LogP contribution is -2.38. The van der Waals surface area contributed by atoms with Crippen LogP contribution in [0.4, 0.5) is 0 Å². The zero-order valence-corrected chi connectivity index (χ0v) is 15.2. The number of nitrogens with zero attached hydrogens (tertiary/aromatic N) is 3. The molecule has 0 aliphatic rings. The Kier molecular flexibility index (Phi) is 7.62. The van der Waals surface area contributed by atoms with E-state index in [0.717, 1.165) is 55.7 Å². The maximum Gasteiger partial charge on any atom is 0.190 e. The minimum Gasteiger partial charge on any atom is -0.356 e. The molecule has 0 unspecified atom stereocenters. The molecule has 0 saturated carbocycles. The number of guanidine groups is 1. The third kappa shape index (κ3) is 6.24. The van der Waals surface area contributed by atoms with E-state index in [2.05, 4.69) is 31.2 Å². The van der Waals surface area contributed by atoms with Gasteiger partial charge in [-0.05, 0) is 43.9 Å². The van der Waals surface area contributed by atoms with E-state index < -0.39 is 0 Å². The van der Waals surface area contributed by atoms with E-state index in [1.807, 2.05) is 37.5 Å². The van der Waals surface area contributed by atoms with E-state index in [1.165, 1.54) is 5.56 Å². The van der Waals surface area contributed by atoms with Crippen LogP contribution in [0.25, 0.3) is 0 Å². The topological polar surface area (TPSA) is 54.2 Å². The summed E-state index contributed by atoms with van der Waals surface area (Å²) < 4.78 is 2.18. The van der Waals surface area contributed by atoms with Gasteiger partial charge in [0.05, 0.1) is 0 Å². The molecule has 130 valence electrons. The first kappa shape index (κ1) is 18.3. The van der Waals surface area contributed by atoms with Gasteiger partial charge in [-0.25, -0.2) is 4.98 Å². The number of imidazole rings is 1. The lowest BCUT2D eigenvalue weighted by atomic mass is 10.1. The summed E-state index contributed by atoms with van der Waals surface area (Å²) in [6.07, 6.45) is 7.00. The largest absolute Gasteiger partial charge is 0.356 e. The number of unbranched alkanes of at least 4 members (excludes halogenated alkanes) is 1. The molecule has 5 nitrogen and oxygen atoms in total. The highest BCUT2D eigenvalue weighted by Gasteiger charge is 2.00. The average molecular weight is 348 g/mol. The molecule has 0 aliphatic heterocycles. The Balaban J connectivity index is 1.59. The fourth-order valence-electron chi connectivity index (χ4n) is 2.49. The molecule has 1 aromatic carbocycles. The van der Waals surface area contributed by atoms with E-state index in [4.69, 9.17) is 11.6 Å². The molecule has 0 atom stereocenters. The number of aryl methyl sites for hydroxylation is 2. The van der Waals surface area contributed by atoms with E-state index in [-0.39, 0.29) is 0 Å². The molecule has 1 heterocycles. The van der Waals surface area contributed by atoms with Crippen molar-refractivity contribution in [2.75, 3.05) is 20.1 Å². The second-order valence-corrected chi connectivity index (χ2v) is 6.12. The van der Waals surface area contributed by atoms with Crippen LogP contribution >= 0.6 is 11.6 Å². The molecule has 2 N–H and O–H groups in total. The van der Waals surface area contributed by atoms with Gasteiger partial charge < -0.3 is 15.2 Å². The number of hydrogen-bond donors (Lipinski definition) is 2. The highest BCUT2D eigenvalue weighted by molar-refractivity contribution is 6.30. The highest BCUT2D eigenvalue weighted by atomic mass is 35.5. The molecule has 0 radical (unpaired) electrons. The van der Waals surface area contributed by atoms with E-state index in [9.17, 15) is 0 Å². The fourth-order valence-corrected chi connectivity index (χ4v) is 2.71. The quantitative estimate of drug-likeness (QED) is 0.438. The Bertz CT molecular complexity index is 650. The third-order valence-corrected chi connectivity index (χ3v) is 4.10. The average Bonchev–Trinajstić information content (AvgIpc) is 2.98. The zero-order valence-electron chi connectivity index (χ0n) is 14.4. The van der Waals surface area contributed by atoms with Crippen molar-refractivity contribution >= 4 is 17.6 Å². The van der Waals surface area contributed by atoms with Crippen molar-refractivity contribution in [2.45, 2.75) is 32.7 Å². The third-order valence-electron chi connectivity index (χ3n) is 3.86. The van der Waals surface area contributed by atoms with Crippen LogP contribution in [0.1, 0.15) is 24.2 Å². The molecule has 0 amide bonds. The van der Waals surface area contributed by atoms with Crippen LogP contribution in [0, 0.1) is 6.92 Å². The normalized spacial score (nSPS) is 11.5. The zero-order chi connectivity index (χ0) is 17.2. The van der Waals surface area contributed by atoms with Crippen LogP contribution in [0.15, 0.2) is 41.7 Å². The predicted octanol–water partition coefficient (Wildman–Crippen LogP) is 3.03. The molecule has 0 bridgehead atoms. The van der Waals surface area contributed by atoms with Crippen molar-refractivity contribution in [3.05, 3.63) is 53.1 Å². The van der Waals surface area contributed by atoms with E-state index >= 15 is 0 Å². The van der Waals surface area contributed by atoms with E-state index in [1.54, 1.807) is 7.05 Å². The number of aliphatic imine (C=N–C) groups is 1. The van der Waals surface area contributed by atoms with Gasteiger partial charge in [-0.1, -0.05) is 23.7 Å². The van der Waals surface area contributed by atoms with Gasteiger partial charge in [0.25, 0.3) is 0 Å². The van der Waals surface area contributed by atoms with Crippen LogP contribution in [-0.2, 0) is 13.0 Å². The summed E-state index contributed by atoms with van der Waals surface area (Å²) in [5.74, 6) is 1.91. The molecule has 0 spiro atoms. The van der Waals surface area contributed by atoms with Gasteiger partial charge in [-0.15, -0.1) is 0 Å². The van der Waals surface area contributed by atoms with Gasteiger partial charge in [0.1, 0.15) is 5.82 Å². The summed E-state index contributed by atoms with van der Waals surface area (Å²) in [5, 5.41) is 7.46. The second-order valence-electron chi connectivity index (χ2n) is 5.68. The van der Waals surface area contributed by atoms with Gasteiger partial charge in [0, 0.05) is 44.1 Å². The molecular weight excluding hydrogens is 322 g/mol. The summed E-state index contributed by atoms with van der Waals surface area (Å²) >= 11 is 6.00. The Hall–Kier alpha value is -2.01. The van der Waals surface area contributed by atoms with E-state index in [0.29, 0.717) is 0 Å². The number of halogens is 1. The van der Waals surface area contributed by atoms with Gasteiger partial charge in [0.2, 0.25) is 0 Å². The van der Waals surface area contributed by atoms with Crippen LogP contribution < -0.4 is 10.6 Å². The first-order valence-electron chi connectivity index (χ1n) is 8.36. The van der Waals surface area contributed by atoms with Crippen LogP contribution in [0.5, 0.6) is 0 Å². The maximum absolute atomic E-state index is 6.00. The predicted molar refractivity (Wildman–Crippen MR) is 101 cm³/mol. The number of nitrogens with one attached hydrogen (secondary N) is 2. The van der Waals surface area contributed by atoms with Gasteiger partial charge in [0.15, 0.2) is 5.96 Å². The Morgan fingerprint density at radius 3 is 2.79 bits per heavy atom. The van der Waals surface area contributed by atoms with Crippen LogP contribution in [0.2, 0.25) is 5.02 Å². The summed E-state index contributed by atoms with van der Waals surface area (Å²) in [4.78, 5) is 8.48. The number of benzene rings is 1. The fraction of sp³-hybridized carbons (Fsp3) is 0.444. The first-order chi connectivity index (χ1) is 11.7. The lowest BCUT2D eigenvalue weighted by molar-refractivity contribution is 0.588. The van der Waals surface area contributed by atoms with Crippen molar-refractivity contribution in [1.29, 1.82) is 0 Å². The molecule has 2 rings (SSSR count). The Morgan fingerprint density at radius 2 is 2.08 bits per heavy atom. The van der Waals surface area contributed by atoms with Crippen molar-refractivity contribution in [3.63, 3.8) is 0 Å². The molecule has 2 aromatic rings. The van der Waals surface area contributed by atoms with Crippen molar-refractivity contribution < 1.29 is 0 Å². The minimum absolute atomic E-state index is 0.781. The van der Waals surface area contributed by atoms with Crippen molar-refractivity contribution in [3.8, 4) is 0 Å². The first-order valence-corrected chi connectivity index (χ1v) is 8.73. The summed E-state index contributed by atoms with van der Waals surface area (Å²) in [7, 11) is 1.80. The van der Waals surface area contributed by atoms with Crippen LogP contribution in [0.3, 0.4) is 0 Å². The second kappa shape index (κ2) is 9.98. The van der Waals surface area contributed by atoms with Crippen molar-refractivity contribution in [2.24, 2.45) is 4.99 Å². The maximum atomic E-state index is 6.00. The molecule has 24 heavy (non-hydrogen) atoms. The molecule has 0 saturated heterocycles. The standard InChI is InChI=1S/C18H26ClN5/c1-15-21-11-13-24(15)12-4-3-9-22-18(20-2)23-10-8-16-6-5-7-17(19)14-16/h5-7,11,13-14H,3-4,8-10,12H2,1-2H3,(H2,20,22,23). The Labute approximate surface area is 149 Å². The summed E-state index contributed by atoms with van der Waals surface area (Å²) in [6.45, 7) is 4.77. The smallest absolute Gasteiger partial charge is 0.190 e. The molecular formula is C18H26ClN5. The SMILES string of the molecule is CN=C(NCCCCn1ccnc1C)NCCc1cccc(Cl)c1. The Morgan fingerprint density at radius 1 is 1.25 bits per heavy atom. The lowest BCUT2D eigenvalue weighted by Gasteiger charge is -2.12. The monoisotopic (exact) mass is 347 g/mol. The number of aromatic nitrogens is 2. The highest BCUT2D eigenvalue weighted by Crippen LogP contribution is 2.10.